The number of halogens is 1. The molecule has 3 heteroatoms. The number of hydrogen-bond donors (Lipinski definition) is 1. The van der Waals surface area contributed by atoms with Gasteiger partial charge in [0, 0.05) is 5.69 Å². The third kappa shape index (κ3) is 2.76. The van der Waals surface area contributed by atoms with Crippen LogP contribution >= 0.6 is 0 Å². The number of benzene rings is 1. The lowest BCUT2D eigenvalue weighted by atomic mass is 9.77. The molecule has 0 heterocycles. The van der Waals surface area contributed by atoms with Crippen molar-refractivity contribution in [2.24, 2.45) is 5.92 Å². The summed E-state index contributed by atoms with van der Waals surface area (Å²) in [4.78, 5) is 0. The van der Waals surface area contributed by atoms with E-state index in [1.807, 2.05) is 0 Å². The maximum absolute atomic E-state index is 13.1. The normalized spacial score (nSPS) is 28.4. The van der Waals surface area contributed by atoms with Crippen LogP contribution in [0.25, 0.3) is 0 Å². The van der Waals surface area contributed by atoms with Crippen LogP contribution in [0.1, 0.15) is 32.6 Å². The topological polar surface area (TPSA) is 35.8 Å². The molecule has 17 heavy (non-hydrogen) atoms. The minimum Gasteiger partial charge on any atom is -0.367 e. The molecule has 2 unspecified atom stereocenters. The third-order valence-electron chi connectivity index (χ3n) is 3.42. The standard InChI is InChI=1S/C14H17FN2/c1-11-4-3-7-14(9-11,10-16)17-13-6-2-5-12(15)8-13/h2,5-6,8,11,17H,3-4,7,9H2,1H3. The lowest BCUT2D eigenvalue weighted by molar-refractivity contribution is 0.308. The summed E-state index contributed by atoms with van der Waals surface area (Å²) >= 11 is 0. The summed E-state index contributed by atoms with van der Waals surface area (Å²) < 4.78 is 13.1. The second kappa shape index (κ2) is 4.75. The SMILES string of the molecule is CC1CCCC(C#N)(Nc2cccc(F)c2)C1. The molecule has 0 aromatic heterocycles. The first kappa shape index (κ1) is 11.9. The fraction of sp³-hybridized carbons (Fsp3) is 0.500. The van der Waals surface area contributed by atoms with E-state index in [0.29, 0.717) is 11.6 Å². The van der Waals surface area contributed by atoms with E-state index < -0.39 is 5.54 Å². The van der Waals surface area contributed by atoms with Gasteiger partial charge in [0.2, 0.25) is 0 Å². The Morgan fingerprint density at radius 3 is 3.00 bits per heavy atom. The molecule has 0 amide bonds. The van der Waals surface area contributed by atoms with Crippen molar-refractivity contribution in [2.75, 3.05) is 5.32 Å². The van der Waals surface area contributed by atoms with Crippen LogP contribution in [0.2, 0.25) is 0 Å². The van der Waals surface area contributed by atoms with Crippen molar-refractivity contribution in [3.63, 3.8) is 0 Å². The van der Waals surface area contributed by atoms with Gasteiger partial charge in [-0.05, 0) is 43.4 Å². The Bertz CT molecular complexity index is 438. The summed E-state index contributed by atoms with van der Waals surface area (Å²) in [6.45, 7) is 2.17. The number of nitrogens with zero attached hydrogens (tertiary/aromatic N) is 1. The quantitative estimate of drug-likeness (QED) is 0.843. The van der Waals surface area contributed by atoms with E-state index in [9.17, 15) is 9.65 Å². The number of nitriles is 1. The van der Waals surface area contributed by atoms with E-state index in [1.54, 1.807) is 12.1 Å². The second-order valence-corrected chi connectivity index (χ2v) is 5.03. The molecule has 2 atom stereocenters. The molecule has 0 saturated heterocycles. The molecule has 1 N–H and O–H groups in total. The minimum atomic E-state index is -0.522. The highest BCUT2D eigenvalue weighted by Gasteiger charge is 2.34. The summed E-state index contributed by atoms with van der Waals surface area (Å²) in [5.41, 5.74) is 0.173. The van der Waals surface area contributed by atoms with Crippen molar-refractivity contribution in [3.8, 4) is 6.07 Å². The van der Waals surface area contributed by atoms with Crippen molar-refractivity contribution in [1.82, 2.24) is 0 Å². The highest BCUT2D eigenvalue weighted by molar-refractivity contribution is 5.48. The summed E-state index contributed by atoms with van der Waals surface area (Å²) in [5.74, 6) is 0.274. The molecule has 1 aliphatic carbocycles. The molecule has 1 saturated carbocycles. The van der Waals surface area contributed by atoms with Gasteiger partial charge in [-0.25, -0.2) is 4.39 Å². The maximum Gasteiger partial charge on any atom is 0.125 e. The number of hydrogen-bond acceptors (Lipinski definition) is 2. The van der Waals surface area contributed by atoms with Gasteiger partial charge in [0.25, 0.3) is 0 Å². The van der Waals surface area contributed by atoms with E-state index >= 15 is 0 Å². The van der Waals surface area contributed by atoms with Gasteiger partial charge in [-0.3, -0.25) is 0 Å². The molecule has 1 aromatic carbocycles. The van der Waals surface area contributed by atoms with Crippen LogP contribution in [0.3, 0.4) is 0 Å². The smallest absolute Gasteiger partial charge is 0.125 e. The summed E-state index contributed by atoms with van der Waals surface area (Å²) in [6.07, 6.45) is 3.90. The van der Waals surface area contributed by atoms with E-state index in [-0.39, 0.29) is 5.82 Å². The highest BCUT2D eigenvalue weighted by atomic mass is 19.1. The molecular weight excluding hydrogens is 215 g/mol. The molecule has 0 radical (unpaired) electrons. The van der Waals surface area contributed by atoms with Crippen molar-refractivity contribution in [3.05, 3.63) is 30.1 Å². The fourth-order valence-electron chi connectivity index (χ4n) is 2.64. The van der Waals surface area contributed by atoms with Gasteiger partial charge in [0.05, 0.1) is 6.07 Å². The molecule has 1 aliphatic rings. The lowest BCUT2D eigenvalue weighted by Gasteiger charge is -2.35. The number of rotatable bonds is 2. The summed E-state index contributed by atoms with van der Waals surface area (Å²) in [6, 6.07) is 8.70. The predicted octanol–water partition coefficient (Wildman–Crippen LogP) is 3.71. The van der Waals surface area contributed by atoms with Crippen molar-refractivity contribution in [1.29, 1.82) is 5.26 Å². The van der Waals surface area contributed by atoms with Gasteiger partial charge in [-0.1, -0.05) is 19.4 Å². The molecule has 90 valence electrons. The average Bonchev–Trinajstić information content (AvgIpc) is 2.29. The van der Waals surface area contributed by atoms with Gasteiger partial charge in [0.15, 0.2) is 0 Å². The van der Waals surface area contributed by atoms with Crippen molar-refractivity contribution >= 4 is 5.69 Å². The third-order valence-corrected chi connectivity index (χ3v) is 3.42. The Morgan fingerprint density at radius 1 is 1.53 bits per heavy atom. The van der Waals surface area contributed by atoms with Crippen LogP contribution < -0.4 is 5.32 Å². The molecule has 0 spiro atoms. The number of nitrogens with one attached hydrogen (secondary N) is 1. The van der Waals surface area contributed by atoms with Crippen molar-refractivity contribution < 1.29 is 4.39 Å². The summed E-state index contributed by atoms with van der Waals surface area (Å²) in [7, 11) is 0. The Labute approximate surface area is 101 Å². The monoisotopic (exact) mass is 232 g/mol. The van der Waals surface area contributed by atoms with Crippen LogP contribution in [0, 0.1) is 23.1 Å². The largest absolute Gasteiger partial charge is 0.367 e. The van der Waals surface area contributed by atoms with Crippen molar-refractivity contribution in [2.45, 2.75) is 38.1 Å². The van der Waals surface area contributed by atoms with E-state index in [0.717, 1.165) is 19.3 Å². The van der Waals surface area contributed by atoms with Crippen LogP contribution in [-0.2, 0) is 0 Å². The Kier molecular flexibility index (Phi) is 3.33. The van der Waals surface area contributed by atoms with Gasteiger partial charge >= 0.3 is 0 Å². The molecule has 2 nitrogen and oxygen atoms in total. The second-order valence-electron chi connectivity index (χ2n) is 5.03. The molecule has 1 fully saturated rings. The zero-order chi connectivity index (χ0) is 12.3. The average molecular weight is 232 g/mol. The minimum absolute atomic E-state index is 0.271. The molecule has 0 aliphatic heterocycles. The Hall–Kier alpha value is -1.56. The van der Waals surface area contributed by atoms with E-state index in [4.69, 9.17) is 0 Å². The van der Waals surface area contributed by atoms with Crippen LogP contribution in [-0.4, -0.2) is 5.54 Å². The first-order valence-corrected chi connectivity index (χ1v) is 6.08. The zero-order valence-corrected chi connectivity index (χ0v) is 10.0. The first-order valence-electron chi connectivity index (χ1n) is 6.08. The Morgan fingerprint density at radius 2 is 2.35 bits per heavy atom. The Balaban J connectivity index is 2.17. The molecular formula is C14H17FN2. The summed E-state index contributed by atoms with van der Waals surface area (Å²) in [5, 5.41) is 12.6. The van der Waals surface area contributed by atoms with Gasteiger partial charge in [-0.2, -0.15) is 5.26 Å². The van der Waals surface area contributed by atoms with Crippen LogP contribution in [0.15, 0.2) is 24.3 Å². The van der Waals surface area contributed by atoms with Crippen LogP contribution in [0.4, 0.5) is 10.1 Å². The maximum atomic E-state index is 13.1. The van der Waals surface area contributed by atoms with Gasteiger partial charge in [0.1, 0.15) is 11.4 Å². The van der Waals surface area contributed by atoms with E-state index in [2.05, 4.69) is 18.3 Å². The highest BCUT2D eigenvalue weighted by Crippen LogP contribution is 2.34. The van der Waals surface area contributed by atoms with Crippen LogP contribution in [0.5, 0.6) is 0 Å². The fourth-order valence-corrected chi connectivity index (χ4v) is 2.64. The van der Waals surface area contributed by atoms with Gasteiger partial charge in [-0.15, -0.1) is 0 Å². The lowest BCUT2D eigenvalue weighted by Crippen LogP contribution is -2.41. The number of anilines is 1. The zero-order valence-electron chi connectivity index (χ0n) is 10.0. The molecule has 2 rings (SSSR count). The predicted molar refractivity (Wildman–Crippen MR) is 66.0 cm³/mol. The molecule has 0 bridgehead atoms. The van der Waals surface area contributed by atoms with Gasteiger partial charge < -0.3 is 5.32 Å². The first-order chi connectivity index (χ1) is 8.13. The van der Waals surface area contributed by atoms with E-state index in [1.165, 1.54) is 18.6 Å². The molecule has 1 aromatic rings.